The number of rotatable bonds is 19. The zero-order chi connectivity index (χ0) is 26.0. The highest BCUT2D eigenvalue weighted by atomic mass is 32.2. The number of hydrogen-bond donors (Lipinski definition) is 0. The number of ether oxygens (including phenoxy) is 6. The van der Waals surface area contributed by atoms with Gasteiger partial charge in [-0.1, -0.05) is 42.5 Å². The summed E-state index contributed by atoms with van der Waals surface area (Å²) in [6, 6.07) is 26.9. The minimum atomic E-state index is -0.432. The van der Waals surface area contributed by atoms with Gasteiger partial charge in [-0.2, -0.15) is 0 Å². The Kier molecular flexibility index (Phi) is 14.0. The summed E-state index contributed by atoms with van der Waals surface area (Å²) in [4.78, 5) is 3.40. The molecule has 3 aromatic carbocycles. The first-order chi connectivity index (χ1) is 18.3. The third-order valence-corrected chi connectivity index (χ3v) is 7.54. The van der Waals surface area contributed by atoms with Crippen molar-refractivity contribution in [2.75, 3.05) is 66.1 Å². The molecular formula is C30H39O6S+. The van der Waals surface area contributed by atoms with Gasteiger partial charge >= 0.3 is 0 Å². The molecule has 3 rings (SSSR count). The Morgan fingerprint density at radius 2 is 0.865 bits per heavy atom. The van der Waals surface area contributed by atoms with Gasteiger partial charge in [0.1, 0.15) is 24.1 Å². The molecule has 7 heteroatoms. The average molecular weight is 528 g/mol. The molecule has 3 aromatic rings. The number of para-hydroxylation sites is 2. The first-order valence-electron chi connectivity index (χ1n) is 12.9. The van der Waals surface area contributed by atoms with Gasteiger partial charge in [0.2, 0.25) is 9.79 Å². The van der Waals surface area contributed by atoms with E-state index in [1.165, 1.54) is 4.90 Å². The fourth-order valence-electron chi connectivity index (χ4n) is 3.55. The lowest BCUT2D eigenvalue weighted by atomic mass is 10.3. The van der Waals surface area contributed by atoms with Crippen LogP contribution in [-0.2, 0) is 29.8 Å². The molecule has 0 bridgehead atoms. The van der Waals surface area contributed by atoms with Crippen molar-refractivity contribution >= 4 is 10.9 Å². The fourth-order valence-corrected chi connectivity index (χ4v) is 5.81. The second-order valence-electron chi connectivity index (χ2n) is 7.83. The van der Waals surface area contributed by atoms with E-state index in [-0.39, 0.29) is 0 Å². The fraction of sp³-hybridized carbons (Fsp3) is 0.400. The van der Waals surface area contributed by atoms with Crippen LogP contribution in [0.15, 0.2) is 93.5 Å². The van der Waals surface area contributed by atoms with Crippen molar-refractivity contribution in [3.63, 3.8) is 0 Å². The largest absolute Gasteiger partial charge is 0.486 e. The summed E-state index contributed by atoms with van der Waals surface area (Å²) in [7, 11) is -0.432. The topological polar surface area (TPSA) is 55.4 Å². The van der Waals surface area contributed by atoms with Crippen molar-refractivity contribution in [3.8, 4) is 11.5 Å². The highest BCUT2D eigenvalue weighted by Gasteiger charge is 2.34. The molecule has 0 aliphatic carbocycles. The standard InChI is InChI=1S/C30H39O6S/c1-3-31-18-20-33-22-24-35-27-14-8-10-16-29(27)37(26-12-6-5-7-13-26)30-17-11-9-15-28(30)36-25-23-34-21-19-32-4-2/h5-17H,3-4,18-25H2,1-2H3/q+1. The van der Waals surface area contributed by atoms with Crippen LogP contribution in [0.2, 0.25) is 0 Å². The monoisotopic (exact) mass is 527 g/mol. The zero-order valence-electron chi connectivity index (χ0n) is 21.9. The molecule has 0 aromatic heterocycles. The lowest BCUT2D eigenvalue weighted by molar-refractivity contribution is 0.0400. The third kappa shape index (κ3) is 10.0. The van der Waals surface area contributed by atoms with Gasteiger partial charge in [-0.25, -0.2) is 0 Å². The minimum absolute atomic E-state index is 0.432. The van der Waals surface area contributed by atoms with Gasteiger partial charge < -0.3 is 28.4 Å². The van der Waals surface area contributed by atoms with Crippen molar-refractivity contribution in [2.24, 2.45) is 0 Å². The maximum atomic E-state index is 6.22. The molecular weight excluding hydrogens is 488 g/mol. The summed E-state index contributed by atoms with van der Waals surface area (Å²) in [6.45, 7) is 9.60. The van der Waals surface area contributed by atoms with Crippen LogP contribution in [0.1, 0.15) is 13.8 Å². The summed E-state index contributed by atoms with van der Waals surface area (Å²) in [5.41, 5.74) is 0. The molecule has 0 aliphatic heterocycles. The minimum Gasteiger partial charge on any atom is -0.486 e. The van der Waals surface area contributed by atoms with E-state index < -0.39 is 10.9 Å². The molecule has 37 heavy (non-hydrogen) atoms. The normalized spacial score (nSPS) is 11.1. The van der Waals surface area contributed by atoms with Crippen molar-refractivity contribution < 1.29 is 28.4 Å². The Labute approximate surface area is 224 Å². The maximum absolute atomic E-state index is 6.22. The lowest BCUT2D eigenvalue weighted by Crippen LogP contribution is -2.14. The van der Waals surface area contributed by atoms with E-state index in [2.05, 4.69) is 48.5 Å². The summed E-state index contributed by atoms with van der Waals surface area (Å²) >= 11 is 0. The number of benzene rings is 3. The molecule has 200 valence electrons. The molecule has 0 radical (unpaired) electrons. The van der Waals surface area contributed by atoms with E-state index in [1.54, 1.807) is 0 Å². The summed E-state index contributed by atoms with van der Waals surface area (Å²) in [5, 5.41) is 0. The van der Waals surface area contributed by atoms with Crippen LogP contribution in [0.3, 0.4) is 0 Å². The Balaban J connectivity index is 1.75. The third-order valence-electron chi connectivity index (χ3n) is 5.24. The highest BCUT2D eigenvalue weighted by Crippen LogP contribution is 2.40. The van der Waals surface area contributed by atoms with Crippen LogP contribution >= 0.6 is 0 Å². The van der Waals surface area contributed by atoms with Gasteiger partial charge in [-0.05, 0) is 50.2 Å². The van der Waals surface area contributed by atoms with Crippen molar-refractivity contribution in [1.82, 2.24) is 0 Å². The predicted molar refractivity (Wildman–Crippen MR) is 147 cm³/mol. The zero-order valence-corrected chi connectivity index (χ0v) is 22.8. The van der Waals surface area contributed by atoms with Crippen LogP contribution in [0.5, 0.6) is 11.5 Å². The van der Waals surface area contributed by atoms with Crippen molar-refractivity contribution in [2.45, 2.75) is 28.5 Å². The molecule has 0 amide bonds. The van der Waals surface area contributed by atoms with Gasteiger partial charge in [0, 0.05) is 13.2 Å². The highest BCUT2D eigenvalue weighted by molar-refractivity contribution is 7.97. The molecule has 0 unspecified atom stereocenters. The van der Waals surface area contributed by atoms with Gasteiger partial charge in [0.15, 0.2) is 16.4 Å². The Morgan fingerprint density at radius 1 is 0.459 bits per heavy atom. The molecule has 0 aliphatic rings. The maximum Gasteiger partial charge on any atom is 0.208 e. The predicted octanol–water partition coefficient (Wildman–Crippen LogP) is 5.65. The Hall–Kier alpha value is -2.55. The SMILES string of the molecule is CCOCCOCCOc1ccccc1[S+](c1ccccc1)c1ccccc1OCCOCCOCC. The molecule has 0 heterocycles. The molecule has 0 spiro atoms. The van der Waals surface area contributed by atoms with Crippen LogP contribution in [-0.4, -0.2) is 66.1 Å². The van der Waals surface area contributed by atoms with Crippen molar-refractivity contribution in [1.29, 1.82) is 0 Å². The molecule has 0 fully saturated rings. The quantitative estimate of drug-likeness (QED) is 0.148. The van der Waals surface area contributed by atoms with Crippen LogP contribution in [0.4, 0.5) is 0 Å². The summed E-state index contributed by atoms with van der Waals surface area (Å²) < 4.78 is 34.4. The first-order valence-corrected chi connectivity index (χ1v) is 14.1. The van der Waals surface area contributed by atoms with Crippen LogP contribution in [0.25, 0.3) is 0 Å². The van der Waals surface area contributed by atoms with Gasteiger partial charge in [0.05, 0.1) is 39.6 Å². The Morgan fingerprint density at radius 3 is 1.35 bits per heavy atom. The smallest absolute Gasteiger partial charge is 0.208 e. The second-order valence-corrected chi connectivity index (χ2v) is 9.79. The summed E-state index contributed by atoms with van der Waals surface area (Å²) in [5.74, 6) is 1.69. The molecule has 0 atom stereocenters. The summed E-state index contributed by atoms with van der Waals surface area (Å²) in [6.07, 6.45) is 0. The van der Waals surface area contributed by atoms with E-state index in [9.17, 15) is 0 Å². The van der Waals surface area contributed by atoms with Gasteiger partial charge in [-0.15, -0.1) is 0 Å². The van der Waals surface area contributed by atoms with Crippen molar-refractivity contribution in [3.05, 3.63) is 78.9 Å². The second kappa shape index (κ2) is 17.8. The molecule has 0 saturated carbocycles. The van der Waals surface area contributed by atoms with Gasteiger partial charge in [-0.3, -0.25) is 0 Å². The van der Waals surface area contributed by atoms with E-state index >= 15 is 0 Å². The molecule has 0 N–H and O–H groups in total. The van der Waals surface area contributed by atoms with E-state index in [0.717, 1.165) is 21.3 Å². The molecule has 0 saturated heterocycles. The van der Waals surface area contributed by atoms with Crippen LogP contribution in [0, 0.1) is 0 Å². The van der Waals surface area contributed by atoms with Gasteiger partial charge in [0.25, 0.3) is 0 Å². The van der Waals surface area contributed by atoms with Crippen LogP contribution < -0.4 is 9.47 Å². The number of hydrogen-bond acceptors (Lipinski definition) is 6. The average Bonchev–Trinajstić information content (AvgIpc) is 2.94. The van der Waals surface area contributed by atoms with E-state index in [1.807, 2.05) is 44.2 Å². The van der Waals surface area contributed by atoms with E-state index in [4.69, 9.17) is 28.4 Å². The van der Waals surface area contributed by atoms with E-state index in [0.29, 0.717) is 66.1 Å². The lowest BCUT2D eigenvalue weighted by Gasteiger charge is -2.15. The first kappa shape index (κ1) is 29.0. The Bertz CT molecular complexity index is 939. The molecule has 6 nitrogen and oxygen atoms in total.